The highest BCUT2D eigenvalue weighted by molar-refractivity contribution is 7.89. The average Bonchev–Trinajstić information content (AvgIpc) is 3.20. The Hall–Kier alpha value is -3.73. The van der Waals surface area contributed by atoms with Crippen LogP contribution in [0, 0.1) is 0 Å². The first-order valence-electron chi connectivity index (χ1n) is 11.0. The fourth-order valence-corrected chi connectivity index (χ4v) is 4.75. The molecule has 186 valence electrons. The number of aromatic amines is 1. The van der Waals surface area contributed by atoms with E-state index in [0.717, 1.165) is 6.42 Å². The number of nitrogens with zero attached hydrogens (tertiary/aromatic N) is 2. The Morgan fingerprint density at radius 1 is 1.08 bits per heavy atom. The minimum atomic E-state index is -4.13. The fourth-order valence-electron chi connectivity index (χ4n) is 3.45. The van der Waals surface area contributed by atoms with E-state index in [0.29, 0.717) is 33.8 Å². The number of para-hydroxylation sites is 1. The minimum Gasteiger partial charge on any atom is -0.494 e. The van der Waals surface area contributed by atoms with Crippen LogP contribution in [0.25, 0.3) is 10.9 Å². The van der Waals surface area contributed by atoms with Crippen molar-refractivity contribution in [2.45, 2.75) is 24.3 Å². The largest absolute Gasteiger partial charge is 0.494 e. The summed E-state index contributed by atoms with van der Waals surface area (Å²) >= 11 is 5.97. The molecule has 1 unspecified atom stereocenters. The van der Waals surface area contributed by atoms with Crippen LogP contribution in [0.3, 0.4) is 0 Å². The number of fused-ring (bicyclic) bond motifs is 1. The molecule has 0 aliphatic carbocycles. The van der Waals surface area contributed by atoms with Gasteiger partial charge in [-0.25, -0.2) is 8.42 Å². The maximum atomic E-state index is 13.1. The topological polar surface area (TPSA) is 133 Å². The molecule has 36 heavy (non-hydrogen) atoms. The van der Waals surface area contributed by atoms with E-state index in [4.69, 9.17) is 16.3 Å². The number of aromatic hydroxyl groups is 1. The molecule has 11 heteroatoms. The zero-order chi connectivity index (χ0) is 25.7. The Labute approximate surface area is 212 Å². The molecule has 9 nitrogen and oxygen atoms in total. The second-order valence-corrected chi connectivity index (χ2v) is 9.98. The van der Waals surface area contributed by atoms with Gasteiger partial charge in [0.25, 0.3) is 5.91 Å². The number of amides is 1. The molecule has 0 fully saturated rings. The monoisotopic (exact) mass is 526 g/mol. The number of rotatable bonds is 9. The van der Waals surface area contributed by atoms with E-state index in [1.54, 1.807) is 36.4 Å². The van der Waals surface area contributed by atoms with Crippen LogP contribution in [0.5, 0.6) is 11.6 Å². The van der Waals surface area contributed by atoms with Gasteiger partial charge < -0.3 is 14.8 Å². The van der Waals surface area contributed by atoms with Gasteiger partial charge in [-0.15, -0.1) is 10.2 Å². The van der Waals surface area contributed by atoms with Gasteiger partial charge in [0.2, 0.25) is 15.9 Å². The second-order valence-electron chi connectivity index (χ2n) is 7.83. The van der Waals surface area contributed by atoms with Crippen molar-refractivity contribution in [3.63, 3.8) is 0 Å². The number of aromatic nitrogens is 1. The summed E-state index contributed by atoms with van der Waals surface area (Å²) in [6.45, 7) is 2.47. The SMILES string of the molecule is CCCOc1ccc(S(=O)(=O)NC(C(=O)N=Nc2c(O)[nH]c3ccccc23)c2ccc(Cl)cc2)cc1. The minimum absolute atomic E-state index is 0.0516. The first-order chi connectivity index (χ1) is 17.3. The lowest BCUT2D eigenvalue weighted by Gasteiger charge is -2.16. The van der Waals surface area contributed by atoms with Crippen molar-refractivity contribution in [2.24, 2.45) is 10.2 Å². The number of carbonyl (C=O) groups excluding carboxylic acids is 1. The van der Waals surface area contributed by atoms with Crippen molar-refractivity contribution in [2.75, 3.05) is 6.61 Å². The van der Waals surface area contributed by atoms with Crippen LogP contribution in [0.4, 0.5) is 5.69 Å². The average molecular weight is 527 g/mol. The summed E-state index contributed by atoms with van der Waals surface area (Å²) in [6, 6.07) is 17.6. The highest BCUT2D eigenvalue weighted by atomic mass is 35.5. The van der Waals surface area contributed by atoms with Crippen molar-refractivity contribution in [1.29, 1.82) is 0 Å². The van der Waals surface area contributed by atoms with Gasteiger partial charge in [-0.3, -0.25) is 4.79 Å². The number of sulfonamides is 1. The van der Waals surface area contributed by atoms with E-state index in [1.807, 2.05) is 6.92 Å². The van der Waals surface area contributed by atoms with Crippen molar-refractivity contribution in [3.05, 3.63) is 83.4 Å². The Morgan fingerprint density at radius 2 is 1.78 bits per heavy atom. The number of ether oxygens (including phenoxy) is 1. The maximum absolute atomic E-state index is 13.1. The number of halogens is 1. The summed E-state index contributed by atoms with van der Waals surface area (Å²) < 4.78 is 34.2. The van der Waals surface area contributed by atoms with Crippen LogP contribution in [0.1, 0.15) is 24.9 Å². The predicted molar refractivity (Wildman–Crippen MR) is 136 cm³/mol. The van der Waals surface area contributed by atoms with E-state index in [1.165, 1.54) is 36.4 Å². The van der Waals surface area contributed by atoms with Gasteiger partial charge in [0.15, 0.2) is 5.69 Å². The third kappa shape index (κ3) is 5.73. The molecule has 0 aliphatic heterocycles. The molecule has 0 saturated carbocycles. The van der Waals surface area contributed by atoms with Crippen molar-refractivity contribution >= 4 is 44.1 Å². The molecule has 0 saturated heterocycles. The number of H-pyrrole nitrogens is 1. The van der Waals surface area contributed by atoms with Gasteiger partial charge in [0.1, 0.15) is 11.8 Å². The van der Waals surface area contributed by atoms with E-state index < -0.39 is 22.0 Å². The van der Waals surface area contributed by atoms with E-state index in [9.17, 15) is 18.3 Å². The number of azo groups is 1. The van der Waals surface area contributed by atoms with Gasteiger partial charge >= 0.3 is 0 Å². The molecule has 0 aliphatic rings. The lowest BCUT2D eigenvalue weighted by atomic mass is 10.1. The smallest absolute Gasteiger partial charge is 0.287 e. The normalized spacial score (nSPS) is 12.7. The molecular formula is C25H23ClN4O5S. The Morgan fingerprint density at radius 3 is 2.47 bits per heavy atom. The van der Waals surface area contributed by atoms with Crippen LogP contribution in [0.2, 0.25) is 5.02 Å². The van der Waals surface area contributed by atoms with Crippen LogP contribution in [-0.2, 0) is 14.8 Å². The lowest BCUT2D eigenvalue weighted by Crippen LogP contribution is -2.33. The van der Waals surface area contributed by atoms with Gasteiger partial charge in [0, 0.05) is 10.4 Å². The highest BCUT2D eigenvalue weighted by Crippen LogP contribution is 2.35. The number of nitrogens with one attached hydrogen (secondary N) is 2. The molecule has 4 aromatic rings. The molecule has 4 rings (SSSR count). The van der Waals surface area contributed by atoms with Gasteiger partial charge in [0.05, 0.1) is 17.0 Å². The molecule has 1 amide bonds. The van der Waals surface area contributed by atoms with Gasteiger partial charge in [-0.2, -0.15) is 4.72 Å². The summed E-state index contributed by atoms with van der Waals surface area (Å²) in [6.07, 6.45) is 0.817. The van der Waals surface area contributed by atoms with Crippen LogP contribution >= 0.6 is 11.6 Å². The number of carbonyl (C=O) groups is 1. The first-order valence-corrected chi connectivity index (χ1v) is 12.9. The van der Waals surface area contributed by atoms with E-state index >= 15 is 0 Å². The summed E-state index contributed by atoms with van der Waals surface area (Å²) in [5, 5.41) is 18.8. The highest BCUT2D eigenvalue weighted by Gasteiger charge is 2.28. The fraction of sp³-hybridized carbons (Fsp3) is 0.160. The quantitative estimate of drug-likeness (QED) is 0.242. The Bertz CT molecular complexity index is 1500. The third-order valence-electron chi connectivity index (χ3n) is 5.24. The summed E-state index contributed by atoms with van der Waals surface area (Å²) in [5.74, 6) is -0.608. The first kappa shape index (κ1) is 25.4. The number of hydrogen-bond donors (Lipinski definition) is 3. The molecular weight excluding hydrogens is 504 g/mol. The molecule has 3 N–H and O–H groups in total. The zero-order valence-corrected chi connectivity index (χ0v) is 20.8. The molecule has 0 spiro atoms. The molecule has 1 heterocycles. The molecule has 3 aromatic carbocycles. The lowest BCUT2D eigenvalue weighted by molar-refractivity contribution is -0.120. The molecule has 1 atom stereocenters. The van der Waals surface area contributed by atoms with Crippen LogP contribution in [-0.4, -0.2) is 31.0 Å². The van der Waals surface area contributed by atoms with Gasteiger partial charge in [-0.1, -0.05) is 48.9 Å². The number of hydrogen-bond acceptors (Lipinski definition) is 6. The molecule has 1 aromatic heterocycles. The second kappa shape index (κ2) is 10.9. The Kier molecular flexibility index (Phi) is 7.68. The number of benzene rings is 3. The van der Waals surface area contributed by atoms with Crippen LogP contribution in [0.15, 0.2) is 87.9 Å². The Balaban J connectivity index is 1.63. The van der Waals surface area contributed by atoms with E-state index in [-0.39, 0.29) is 16.5 Å². The summed E-state index contributed by atoms with van der Waals surface area (Å²) in [5.41, 5.74) is 0.995. The van der Waals surface area contributed by atoms with Gasteiger partial charge in [-0.05, 0) is 54.4 Å². The standard InChI is InChI=1S/C25H23ClN4O5S/c1-2-15-35-18-11-13-19(14-12-18)36(33,34)30-22(16-7-9-17(26)10-8-16)25(32)29-28-23-20-5-3-4-6-21(20)27-24(23)31/h3-14,22,27,30-31H,2,15H2,1H3. The van der Waals surface area contributed by atoms with E-state index in [2.05, 4.69) is 19.9 Å². The summed E-state index contributed by atoms with van der Waals surface area (Å²) in [7, 11) is -4.13. The predicted octanol–water partition coefficient (Wildman–Crippen LogP) is 5.65. The maximum Gasteiger partial charge on any atom is 0.287 e. The molecule has 0 bridgehead atoms. The van der Waals surface area contributed by atoms with Crippen molar-refractivity contribution in [1.82, 2.24) is 9.71 Å². The van der Waals surface area contributed by atoms with Crippen molar-refractivity contribution in [3.8, 4) is 11.6 Å². The van der Waals surface area contributed by atoms with Crippen molar-refractivity contribution < 1.29 is 23.1 Å². The zero-order valence-electron chi connectivity index (χ0n) is 19.2. The van der Waals surface area contributed by atoms with Crippen LogP contribution < -0.4 is 9.46 Å². The summed E-state index contributed by atoms with van der Waals surface area (Å²) in [4.78, 5) is 15.8. The molecule has 0 radical (unpaired) electrons. The third-order valence-corrected chi connectivity index (χ3v) is 6.93.